The number of aromatic nitrogens is 1. The van der Waals surface area contributed by atoms with Crippen LogP contribution in [0.2, 0.25) is 0 Å². The zero-order valence-electron chi connectivity index (χ0n) is 12.8. The van der Waals surface area contributed by atoms with E-state index in [1.807, 2.05) is 25.1 Å². The Bertz CT molecular complexity index is 515. The normalized spacial score (nSPS) is 10.9. The van der Waals surface area contributed by atoms with E-state index in [-0.39, 0.29) is 6.42 Å². The van der Waals surface area contributed by atoms with Crippen LogP contribution in [-0.4, -0.2) is 41.7 Å². The van der Waals surface area contributed by atoms with Crippen LogP contribution in [0, 0.1) is 0 Å². The first kappa shape index (κ1) is 16.7. The molecule has 0 saturated heterocycles. The highest BCUT2D eigenvalue weighted by Gasteiger charge is 2.21. The summed E-state index contributed by atoms with van der Waals surface area (Å²) in [6, 6.07) is 4.92. The van der Waals surface area contributed by atoms with E-state index < -0.39 is 17.5 Å². The van der Waals surface area contributed by atoms with E-state index >= 15 is 0 Å². The van der Waals surface area contributed by atoms with Crippen LogP contribution in [0.15, 0.2) is 18.2 Å². The van der Waals surface area contributed by atoms with E-state index in [1.165, 1.54) is 0 Å². The van der Waals surface area contributed by atoms with Crippen molar-refractivity contribution in [2.45, 2.75) is 32.2 Å². The number of anilines is 2. The minimum atomic E-state index is -0.884. The lowest BCUT2D eigenvalue weighted by molar-refractivity contribution is -0.137. The van der Waals surface area contributed by atoms with Crippen molar-refractivity contribution in [3.63, 3.8) is 0 Å². The summed E-state index contributed by atoms with van der Waals surface area (Å²) in [7, 11) is 3.72. The first-order chi connectivity index (χ1) is 9.69. The minimum absolute atomic E-state index is 0.00163. The lowest BCUT2D eigenvalue weighted by atomic mass is 9.99. The summed E-state index contributed by atoms with van der Waals surface area (Å²) in [5.41, 5.74) is -0.609. The molecule has 2 amide bonds. The zero-order valence-corrected chi connectivity index (χ0v) is 12.8. The second-order valence-corrected chi connectivity index (χ2v) is 5.63. The van der Waals surface area contributed by atoms with Crippen molar-refractivity contribution < 1.29 is 14.7 Å². The lowest BCUT2D eigenvalue weighted by Crippen LogP contribution is -2.45. The van der Waals surface area contributed by atoms with Gasteiger partial charge in [-0.2, -0.15) is 0 Å². The molecule has 1 rings (SSSR count). The summed E-state index contributed by atoms with van der Waals surface area (Å²) in [6.07, 6.45) is 0.350. The summed E-state index contributed by atoms with van der Waals surface area (Å²) in [5, 5.41) is 14.1. The second kappa shape index (κ2) is 6.92. The van der Waals surface area contributed by atoms with E-state index in [0.29, 0.717) is 12.2 Å². The summed E-state index contributed by atoms with van der Waals surface area (Å²) >= 11 is 0. The summed E-state index contributed by atoms with van der Waals surface area (Å²) < 4.78 is 0. The number of urea groups is 1. The number of rotatable bonds is 6. The Morgan fingerprint density at radius 3 is 2.57 bits per heavy atom. The first-order valence-electron chi connectivity index (χ1n) is 6.65. The Labute approximate surface area is 124 Å². The van der Waals surface area contributed by atoms with Gasteiger partial charge in [-0.25, -0.2) is 9.78 Å². The molecule has 3 N–H and O–H groups in total. The van der Waals surface area contributed by atoms with Crippen molar-refractivity contribution in [2.75, 3.05) is 24.3 Å². The zero-order chi connectivity index (χ0) is 16.0. The largest absolute Gasteiger partial charge is 0.481 e. The summed E-state index contributed by atoms with van der Waals surface area (Å²) in [5.74, 6) is 0.288. The number of aliphatic carboxylic acids is 1. The molecular weight excluding hydrogens is 272 g/mol. The number of pyridine rings is 1. The fourth-order valence-corrected chi connectivity index (χ4v) is 1.68. The van der Waals surface area contributed by atoms with Gasteiger partial charge in [0.1, 0.15) is 11.6 Å². The Kier molecular flexibility index (Phi) is 5.52. The van der Waals surface area contributed by atoms with E-state index in [0.717, 1.165) is 5.82 Å². The van der Waals surface area contributed by atoms with Gasteiger partial charge in [-0.05, 0) is 32.4 Å². The quantitative estimate of drug-likeness (QED) is 0.745. The molecule has 0 atom stereocenters. The van der Waals surface area contributed by atoms with Crippen molar-refractivity contribution in [3.8, 4) is 0 Å². The Balaban J connectivity index is 2.60. The van der Waals surface area contributed by atoms with E-state index in [4.69, 9.17) is 5.11 Å². The smallest absolute Gasteiger partial charge is 0.320 e. The molecule has 0 unspecified atom stereocenters. The van der Waals surface area contributed by atoms with Gasteiger partial charge in [0.25, 0.3) is 0 Å². The topological polar surface area (TPSA) is 94.6 Å². The van der Waals surface area contributed by atoms with Crippen LogP contribution in [0.25, 0.3) is 0 Å². The maximum Gasteiger partial charge on any atom is 0.320 e. The number of hydrogen-bond donors (Lipinski definition) is 3. The average molecular weight is 294 g/mol. The molecule has 1 heterocycles. The van der Waals surface area contributed by atoms with Crippen LogP contribution < -0.4 is 15.5 Å². The highest BCUT2D eigenvalue weighted by molar-refractivity contribution is 5.88. The highest BCUT2D eigenvalue weighted by atomic mass is 16.4. The van der Waals surface area contributed by atoms with Crippen LogP contribution in [-0.2, 0) is 4.79 Å². The van der Waals surface area contributed by atoms with E-state index in [2.05, 4.69) is 15.6 Å². The maximum atomic E-state index is 11.9. The van der Waals surface area contributed by atoms with Crippen LogP contribution in [0.1, 0.15) is 26.7 Å². The Hall–Kier alpha value is -2.31. The molecule has 0 bridgehead atoms. The van der Waals surface area contributed by atoms with Gasteiger partial charge in [-0.3, -0.25) is 10.1 Å². The summed E-state index contributed by atoms with van der Waals surface area (Å²) in [6.45, 7) is 3.55. The van der Waals surface area contributed by atoms with Crippen molar-refractivity contribution in [2.24, 2.45) is 0 Å². The molecule has 0 radical (unpaired) electrons. The number of amides is 2. The molecule has 7 heteroatoms. The molecule has 0 aromatic carbocycles. The minimum Gasteiger partial charge on any atom is -0.481 e. The Morgan fingerprint density at radius 1 is 1.33 bits per heavy atom. The molecule has 7 nitrogen and oxygen atoms in total. The molecule has 1 aromatic heterocycles. The van der Waals surface area contributed by atoms with Gasteiger partial charge < -0.3 is 15.3 Å². The molecule has 1 aromatic rings. The molecule has 21 heavy (non-hydrogen) atoms. The molecular formula is C14H22N4O3. The van der Waals surface area contributed by atoms with E-state index in [9.17, 15) is 9.59 Å². The van der Waals surface area contributed by atoms with Crippen molar-refractivity contribution in [1.82, 2.24) is 10.3 Å². The predicted molar refractivity (Wildman–Crippen MR) is 81.7 cm³/mol. The highest BCUT2D eigenvalue weighted by Crippen LogP contribution is 2.14. The number of nitrogens with zero attached hydrogens (tertiary/aromatic N) is 2. The van der Waals surface area contributed by atoms with Crippen molar-refractivity contribution in [1.29, 1.82) is 0 Å². The third-order valence-electron chi connectivity index (χ3n) is 2.85. The monoisotopic (exact) mass is 294 g/mol. The van der Waals surface area contributed by atoms with Gasteiger partial charge in [0.05, 0.1) is 0 Å². The van der Waals surface area contributed by atoms with Crippen LogP contribution >= 0.6 is 0 Å². The van der Waals surface area contributed by atoms with Crippen molar-refractivity contribution >= 4 is 23.6 Å². The average Bonchev–Trinajstić information content (AvgIpc) is 2.36. The first-order valence-corrected chi connectivity index (χ1v) is 6.65. The van der Waals surface area contributed by atoms with Gasteiger partial charge >= 0.3 is 12.0 Å². The number of carboxylic acids is 1. The van der Waals surface area contributed by atoms with Gasteiger partial charge in [0.15, 0.2) is 0 Å². The number of carboxylic acid groups (broad SMARTS) is 1. The molecule has 0 aliphatic carbocycles. The standard InChI is InChI=1S/C14H22N4O3/c1-14(2,9-8-12(19)20)17-13(21)16-10-6-5-7-11(15-10)18(3)4/h5-7H,8-9H2,1-4H3,(H,19,20)(H2,15,16,17,21). The van der Waals surface area contributed by atoms with Gasteiger partial charge in [-0.1, -0.05) is 6.07 Å². The van der Waals surface area contributed by atoms with Crippen LogP contribution in [0.5, 0.6) is 0 Å². The maximum absolute atomic E-state index is 11.9. The Morgan fingerprint density at radius 2 is 2.00 bits per heavy atom. The third kappa shape index (κ3) is 6.11. The van der Waals surface area contributed by atoms with Gasteiger partial charge in [0, 0.05) is 26.1 Å². The molecule has 0 saturated carbocycles. The lowest BCUT2D eigenvalue weighted by Gasteiger charge is -2.25. The number of nitrogens with one attached hydrogen (secondary N) is 2. The van der Waals surface area contributed by atoms with Gasteiger partial charge in [-0.15, -0.1) is 0 Å². The SMILES string of the molecule is CN(C)c1cccc(NC(=O)NC(C)(C)CCC(=O)O)n1. The molecule has 0 aliphatic rings. The molecule has 116 valence electrons. The van der Waals surface area contributed by atoms with Gasteiger partial charge in [0.2, 0.25) is 0 Å². The predicted octanol–water partition coefficient (Wildman–Crippen LogP) is 1.91. The second-order valence-electron chi connectivity index (χ2n) is 5.63. The van der Waals surface area contributed by atoms with Crippen LogP contribution in [0.3, 0.4) is 0 Å². The fourth-order valence-electron chi connectivity index (χ4n) is 1.68. The molecule has 0 fully saturated rings. The number of hydrogen-bond acceptors (Lipinski definition) is 4. The van der Waals surface area contributed by atoms with Crippen molar-refractivity contribution in [3.05, 3.63) is 18.2 Å². The fraction of sp³-hybridized carbons (Fsp3) is 0.500. The summed E-state index contributed by atoms with van der Waals surface area (Å²) in [4.78, 5) is 28.6. The van der Waals surface area contributed by atoms with E-state index in [1.54, 1.807) is 26.0 Å². The molecule has 0 spiro atoms. The number of carbonyl (C=O) groups excluding carboxylic acids is 1. The molecule has 0 aliphatic heterocycles. The number of carbonyl (C=O) groups is 2. The third-order valence-corrected chi connectivity index (χ3v) is 2.85. The van der Waals surface area contributed by atoms with Crippen LogP contribution in [0.4, 0.5) is 16.4 Å².